The maximum Gasteiger partial charge on any atom is 0.413 e. The molecule has 2 heterocycles. The van der Waals surface area contributed by atoms with E-state index in [1.54, 1.807) is 0 Å². The lowest BCUT2D eigenvalue weighted by molar-refractivity contribution is 0.201. The Morgan fingerprint density at radius 3 is 2.69 bits per heavy atom. The summed E-state index contributed by atoms with van der Waals surface area (Å²) >= 11 is 0. The van der Waals surface area contributed by atoms with Crippen molar-refractivity contribution in [2.75, 3.05) is 36.5 Å². The molecule has 1 amide bonds. The van der Waals surface area contributed by atoms with Gasteiger partial charge in [-0.15, -0.1) is 0 Å². The first kappa shape index (κ1) is 25.3. The Morgan fingerprint density at radius 2 is 1.92 bits per heavy atom. The number of aromatic nitrogens is 2. The highest BCUT2D eigenvalue weighted by Crippen LogP contribution is 2.22. The standard InChI is InChI=1S/C26H29F2N5O3/c27-22-9-8-19(16-23(22)28)18-33(26(34)35)24-10-11-29-25(31-24)30-20-6-4-7-21(17-20)36-15-5-14-32-12-2-1-3-13-32/h4,6-11,16-17H,1-3,5,12-15,18H2,(H,34,35)(H,29,30,31). The zero-order chi connectivity index (χ0) is 25.3. The highest BCUT2D eigenvalue weighted by Gasteiger charge is 2.18. The van der Waals surface area contributed by atoms with E-state index < -0.39 is 17.7 Å². The summed E-state index contributed by atoms with van der Waals surface area (Å²) in [6.07, 6.45) is 4.95. The molecule has 1 aliphatic rings. The molecular formula is C26H29F2N5O3. The first-order valence-electron chi connectivity index (χ1n) is 12.0. The molecule has 3 aromatic rings. The second-order valence-electron chi connectivity index (χ2n) is 8.61. The molecule has 0 spiro atoms. The molecule has 0 saturated carbocycles. The fourth-order valence-electron chi connectivity index (χ4n) is 4.08. The van der Waals surface area contributed by atoms with E-state index >= 15 is 0 Å². The van der Waals surface area contributed by atoms with Crippen LogP contribution >= 0.6 is 0 Å². The molecule has 0 unspecified atom stereocenters. The molecule has 4 rings (SSSR count). The van der Waals surface area contributed by atoms with Gasteiger partial charge in [0.25, 0.3) is 0 Å². The fraction of sp³-hybridized carbons (Fsp3) is 0.346. The molecule has 190 valence electrons. The number of piperidine rings is 1. The predicted octanol–water partition coefficient (Wildman–Crippen LogP) is 5.44. The van der Waals surface area contributed by atoms with Crippen LogP contribution in [0.25, 0.3) is 0 Å². The highest BCUT2D eigenvalue weighted by atomic mass is 19.2. The number of carboxylic acid groups (broad SMARTS) is 1. The SMILES string of the molecule is O=C(O)N(Cc1ccc(F)c(F)c1)c1ccnc(Nc2cccc(OCCCN3CCCCC3)c2)n1. The Hall–Kier alpha value is -3.79. The Bertz CT molecular complexity index is 1170. The van der Waals surface area contributed by atoms with Crippen molar-refractivity contribution in [2.45, 2.75) is 32.2 Å². The van der Waals surface area contributed by atoms with Gasteiger partial charge in [-0.1, -0.05) is 18.6 Å². The average Bonchev–Trinajstić information content (AvgIpc) is 2.88. The lowest BCUT2D eigenvalue weighted by Gasteiger charge is -2.26. The predicted molar refractivity (Wildman–Crippen MR) is 133 cm³/mol. The van der Waals surface area contributed by atoms with E-state index in [0.717, 1.165) is 30.0 Å². The van der Waals surface area contributed by atoms with E-state index in [9.17, 15) is 18.7 Å². The van der Waals surface area contributed by atoms with E-state index in [1.165, 1.54) is 50.7 Å². The van der Waals surface area contributed by atoms with E-state index in [0.29, 0.717) is 18.0 Å². The molecule has 1 saturated heterocycles. The van der Waals surface area contributed by atoms with Crippen molar-refractivity contribution in [3.63, 3.8) is 0 Å². The number of nitrogens with zero attached hydrogens (tertiary/aromatic N) is 4. The third kappa shape index (κ3) is 7.11. The topological polar surface area (TPSA) is 90.8 Å². The summed E-state index contributed by atoms with van der Waals surface area (Å²) < 4.78 is 32.7. The fourth-order valence-corrected chi connectivity index (χ4v) is 4.08. The van der Waals surface area contributed by atoms with Gasteiger partial charge in [0.15, 0.2) is 11.6 Å². The van der Waals surface area contributed by atoms with Crippen molar-refractivity contribution in [2.24, 2.45) is 0 Å². The van der Waals surface area contributed by atoms with Crippen LogP contribution in [0.2, 0.25) is 0 Å². The Kier molecular flexibility index (Phi) is 8.62. The van der Waals surface area contributed by atoms with Crippen molar-refractivity contribution in [3.05, 3.63) is 71.9 Å². The third-order valence-electron chi connectivity index (χ3n) is 5.90. The molecule has 8 nitrogen and oxygen atoms in total. The average molecular weight is 498 g/mol. The van der Waals surface area contributed by atoms with Gasteiger partial charge in [0.2, 0.25) is 5.95 Å². The number of likely N-dealkylation sites (tertiary alicyclic amines) is 1. The summed E-state index contributed by atoms with van der Waals surface area (Å²) in [7, 11) is 0. The van der Waals surface area contributed by atoms with Crippen molar-refractivity contribution < 1.29 is 23.4 Å². The summed E-state index contributed by atoms with van der Waals surface area (Å²) in [5.41, 5.74) is 0.970. The van der Waals surface area contributed by atoms with Crippen LogP contribution in [-0.4, -0.2) is 52.3 Å². The number of hydrogen-bond acceptors (Lipinski definition) is 6. The van der Waals surface area contributed by atoms with E-state index in [-0.39, 0.29) is 23.9 Å². The molecule has 1 aliphatic heterocycles. The number of hydrogen-bond donors (Lipinski definition) is 2. The summed E-state index contributed by atoms with van der Waals surface area (Å²) in [6.45, 7) is 3.77. The lowest BCUT2D eigenvalue weighted by atomic mass is 10.1. The quantitative estimate of drug-likeness (QED) is 0.361. The minimum Gasteiger partial charge on any atom is -0.493 e. The van der Waals surface area contributed by atoms with Crippen LogP contribution in [0.5, 0.6) is 5.75 Å². The molecule has 10 heteroatoms. The van der Waals surface area contributed by atoms with Gasteiger partial charge in [-0.2, -0.15) is 4.98 Å². The third-order valence-corrected chi connectivity index (χ3v) is 5.90. The summed E-state index contributed by atoms with van der Waals surface area (Å²) in [4.78, 5) is 23.7. The minimum absolute atomic E-state index is 0.0925. The zero-order valence-corrected chi connectivity index (χ0v) is 19.9. The number of rotatable bonds is 10. The number of anilines is 3. The van der Waals surface area contributed by atoms with E-state index in [2.05, 4.69) is 20.2 Å². The zero-order valence-electron chi connectivity index (χ0n) is 19.9. The van der Waals surface area contributed by atoms with Crippen LogP contribution in [-0.2, 0) is 6.54 Å². The van der Waals surface area contributed by atoms with Crippen LogP contribution in [0.15, 0.2) is 54.7 Å². The highest BCUT2D eigenvalue weighted by molar-refractivity contribution is 5.84. The van der Waals surface area contributed by atoms with Crippen molar-refractivity contribution in [1.82, 2.24) is 14.9 Å². The molecule has 0 bridgehead atoms. The van der Waals surface area contributed by atoms with E-state index in [1.807, 2.05) is 24.3 Å². The van der Waals surface area contributed by atoms with Gasteiger partial charge in [-0.25, -0.2) is 18.6 Å². The second kappa shape index (κ2) is 12.3. The van der Waals surface area contributed by atoms with Crippen LogP contribution in [0, 0.1) is 11.6 Å². The smallest absolute Gasteiger partial charge is 0.413 e. The van der Waals surface area contributed by atoms with Crippen LogP contribution in [0.1, 0.15) is 31.2 Å². The summed E-state index contributed by atoms with van der Waals surface area (Å²) in [5, 5.41) is 12.7. The van der Waals surface area contributed by atoms with E-state index in [4.69, 9.17) is 4.74 Å². The van der Waals surface area contributed by atoms with Crippen LogP contribution < -0.4 is 15.0 Å². The molecule has 0 aliphatic carbocycles. The summed E-state index contributed by atoms with van der Waals surface area (Å²) in [5.74, 6) is -1.06. The molecule has 2 N–H and O–H groups in total. The molecule has 2 aromatic carbocycles. The first-order chi connectivity index (χ1) is 17.5. The van der Waals surface area contributed by atoms with Crippen LogP contribution in [0.4, 0.5) is 31.0 Å². The number of benzene rings is 2. The molecular weight excluding hydrogens is 468 g/mol. The number of nitrogens with one attached hydrogen (secondary N) is 1. The molecule has 1 aromatic heterocycles. The van der Waals surface area contributed by atoms with Gasteiger partial charge in [-0.3, -0.25) is 4.90 Å². The Labute approximate surface area is 208 Å². The first-order valence-corrected chi connectivity index (χ1v) is 12.0. The number of halogens is 2. The second-order valence-corrected chi connectivity index (χ2v) is 8.61. The van der Waals surface area contributed by atoms with Gasteiger partial charge < -0.3 is 20.1 Å². The number of amides is 1. The van der Waals surface area contributed by atoms with Crippen LogP contribution in [0.3, 0.4) is 0 Å². The maximum atomic E-state index is 13.6. The Morgan fingerprint density at radius 1 is 1.08 bits per heavy atom. The van der Waals surface area contributed by atoms with Crippen molar-refractivity contribution >= 4 is 23.5 Å². The largest absolute Gasteiger partial charge is 0.493 e. The lowest BCUT2D eigenvalue weighted by Crippen LogP contribution is -2.31. The Balaban J connectivity index is 1.37. The van der Waals surface area contributed by atoms with Gasteiger partial charge in [-0.05, 0) is 68.2 Å². The summed E-state index contributed by atoms with van der Waals surface area (Å²) in [6, 6.07) is 12.0. The molecule has 1 fully saturated rings. The van der Waals surface area contributed by atoms with Crippen molar-refractivity contribution in [3.8, 4) is 5.75 Å². The number of ether oxygens (including phenoxy) is 1. The van der Waals surface area contributed by atoms with Crippen molar-refractivity contribution in [1.29, 1.82) is 0 Å². The van der Waals surface area contributed by atoms with Gasteiger partial charge >= 0.3 is 6.09 Å². The monoisotopic (exact) mass is 497 g/mol. The molecule has 36 heavy (non-hydrogen) atoms. The van der Waals surface area contributed by atoms with Gasteiger partial charge in [0.05, 0.1) is 13.2 Å². The molecule has 0 radical (unpaired) electrons. The number of carbonyl (C=O) groups is 1. The van der Waals surface area contributed by atoms with Gasteiger partial charge in [0, 0.05) is 24.5 Å². The normalized spacial score (nSPS) is 13.8. The van der Waals surface area contributed by atoms with Gasteiger partial charge in [0.1, 0.15) is 11.6 Å². The maximum absolute atomic E-state index is 13.6. The minimum atomic E-state index is -1.29. The molecule has 0 atom stereocenters.